The summed E-state index contributed by atoms with van der Waals surface area (Å²) < 4.78 is 0. The molecule has 2 aliphatic rings. The fraction of sp³-hybridized carbons (Fsp3) is 0.750. The number of fused-ring (bicyclic) bond motifs is 1. The van der Waals surface area contributed by atoms with Gasteiger partial charge in [0.25, 0.3) is 0 Å². The van der Waals surface area contributed by atoms with Gasteiger partial charge in [0.15, 0.2) is 0 Å². The van der Waals surface area contributed by atoms with Gasteiger partial charge in [-0.25, -0.2) is 0 Å². The van der Waals surface area contributed by atoms with E-state index in [1.165, 1.54) is 38.5 Å². The average molecular weight is 234 g/mol. The number of allylic oxidation sites excluding steroid dienone is 3. The highest BCUT2D eigenvalue weighted by molar-refractivity contribution is 5.20. The molecule has 0 radical (unpaired) electrons. The summed E-state index contributed by atoms with van der Waals surface area (Å²) in [5.41, 5.74) is 3.79. The summed E-state index contributed by atoms with van der Waals surface area (Å²) in [7, 11) is 0. The molecule has 0 saturated heterocycles. The Bertz CT molecular complexity index is 322. The Balaban J connectivity index is 2.09. The van der Waals surface area contributed by atoms with Gasteiger partial charge in [-0.2, -0.15) is 0 Å². The van der Waals surface area contributed by atoms with Crippen LogP contribution in [0.4, 0.5) is 0 Å². The van der Waals surface area contributed by atoms with Gasteiger partial charge in [-0.15, -0.1) is 0 Å². The van der Waals surface area contributed by atoms with Crippen molar-refractivity contribution >= 4 is 0 Å². The molecular weight excluding hydrogens is 208 g/mol. The van der Waals surface area contributed by atoms with Crippen LogP contribution in [0.5, 0.6) is 0 Å². The van der Waals surface area contributed by atoms with Gasteiger partial charge in [0.1, 0.15) is 0 Å². The van der Waals surface area contributed by atoms with E-state index in [1.54, 1.807) is 11.1 Å². The molecule has 1 saturated carbocycles. The van der Waals surface area contributed by atoms with Crippen molar-refractivity contribution < 1.29 is 5.11 Å². The molecule has 0 spiro atoms. The smallest absolute Gasteiger partial charge is 0.0465 e. The summed E-state index contributed by atoms with van der Waals surface area (Å²) in [6, 6.07) is 0. The van der Waals surface area contributed by atoms with Crippen molar-refractivity contribution in [1.29, 1.82) is 0 Å². The maximum Gasteiger partial charge on any atom is 0.0465 e. The van der Waals surface area contributed by atoms with Crippen LogP contribution >= 0.6 is 0 Å². The quantitative estimate of drug-likeness (QED) is 0.709. The number of hydrogen-bond donors (Lipinski definition) is 1. The molecule has 0 aromatic heterocycles. The zero-order chi connectivity index (χ0) is 12.3. The van der Waals surface area contributed by atoms with Crippen LogP contribution < -0.4 is 0 Å². The van der Waals surface area contributed by atoms with Gasteiger partial charge >= 0.3 is 0 Å². The molecule has 0 aromatic carbocycles. The van der Waals surface area contributed by atoms with Crippen molar-refractivity contribution in [2.24, 2.45) is 11.3 Å². The number of aliphatic hydroxyl groups excluding tert-OH is 1. The molecule has 0 amide bonds. The van der Waals surface area contributed by atoms with E-state index in [0.717, 1.165) is 12.3 Å². The zero-order valence-corrected chi connectivity index (χ0v) is 11.3. The lowest BCUT2D eigenvalue weighted by molar-refractivity contribution is 0.204. The summed E-state index contributed by atoms with van der Waals surface area (Å²) in [6.45, 7) is 5.17. The molecule has 0 aromatic rings. The van der Waals surface area contributed by atoms with Gasteiger partial charge in [0.05, 0.1) is 0 Å². The van der Waals surface area contributed by atoms with Crippen LogP contribution in [0.1, 0.15) is 58.8 Å². The molecule has 0 bridgehead atoms. The Morgan fingerprint density at radius 1 is 1.35 bits per heavy atom. The van der Waals surface area contributed by atoms with Gasteiger partial charge in [-0.3, -0.25) is 0 Å². The van der Waals surface area contributed by atoms with E-state index in [2.05, 4.69) is 26.0 Å². The number of aliphatic hydroxyl groups is 1. The molecule has 0 heterocycles. The first-order valence-electron chi connectivity index (χ1n) is 7.11. The molecule has 0 aliphatic heterocycles. The molecule has 17 heavy (non-hydrogen) atoms. The van der Waals surface area contributed by atoms with Crippen LogP contribution in [-0.4, -0.2) is 11.7 Å². The molecule has 1 atom stereocenters. The largest absolute Gasteiger partial charge is 0.396 e. The van der Waals surface area contributed by atoms with Crippen LogP contribution in [0.25, 0.3) is 0 Å². The van der Waals surface area contributed by atoms with Gasteiger partial charge in [0.2, 0.25) is 0 Å². The highest BCUT2D eigenvalue weighted by Gasteiger charge is 2.35. The normalized spacial score (nSPS) is 30.6. The summed E-state index contributed by atoms with van der Waals surface area (Å²) in [4.78, 5) is 0. The maximum absolute atomic E-state index is 8.90. The first-order chi connectivity index (χ1) is 8.13. The summed E-state index contributed by atoms with van der Waals surface area (Å²) in [6.07, 6.45) is 13.3. The third kappa shape index (κ3) is 3.01. The molecule has 2 rings (SSSR count). The molecule has 96 valence electrons. The van der Waals surface area contributed by atoms with E-state index in [-0.39, 0.29) is 0 Å². The number of hydrogen-bond acceptors (Lipinski definition) is 1. The first-order valence-corrected chi connectivity index (χ1v) is 7.11. The lowest BCUT2D eigenvalue weighted by Crippen LogP contribution is -2.28. The SMILES string of the molecule is CC1(C)CCC=C2CC/C(=C/CCO)CCC21. The van der Waals surface area contributed by atoms with E-state index in [4.69, 9.17) is 5.11 Å². The van der Waals surface area contributed by atoms with E-state index in [1.807, 2.05) is 0 Å². The van der Waals surface area contributed by atoms with Crippen molar-refractivity contribution in [2.75, 3.05) is 6.61 Å². The van der Waals surface area contributed by atoms with Crippen LogP contribution in [0.3, 0.4) is 0 Å². The third-order valence-corrected chi connectivity index (χ3v) is 4.64. The van der Waals surface area contributed by atoms with Crippen LogP contribution in [0.2, 0.25) is 0 Å². The molecule has 1 nitrogen and oxygen atoms in total. The zero-order valence-electron chi connectivity index (χ0n) is 11.3. The molecule has 1 N–H and O–H groups in total. The van der Waals surface area contributed by atoms with E-state index >= 15 is 0 Å². The Labute approximate surface area is 106 Å². The van der Waals surface area contributed by atoms with Gasteiger partial charge in [-0.1, -0.05) is 37.1 Å². The van der Waals surface area contributed by atoms with Crippen LogP contribution in [-0.2, 0) is 0 Å². The predicted molar refractivity (Wildman–Crippen MR) is 72.8 cm³/mol. The van der Waals surface area contributed by atoms with E-state index in [0.29, 0.717) is 12.0 Å². The fourth-order valence-electron chi connectivity index (χ4n) is 3.53. The molecule has 1 unspecified atom stereocenters. The fourth-order valence-corrected chi connectivity index (χ4v) is 3.53. The Hall–Kier alpha value is -0.560. The highest BCUT2D eigenvalue weighted by atomic mass is 16.2. The summed E-state index contributed by atoms with van der Waals surface area (Å²) in [5, 5.41) is 8.90. The predicted octanol–water partition coefficient (Wildman–Crippen LogP) is 4.23. The lowest BCUT2D eigenvalue weighted by atomic mass is 9.66. The summed E-state index contributed by atoms with van der Waals surface area (Å²) in [5.74, 6) is 0.802. The number of rotatable bonds is 2. The Morgan fingerprint density at radius 3 is 2.94 bits per heavy atom. The van der Waals surface area contributed by atoms with Crippen molar-refractivity contribution in [1.82, 2.24) is 0 Å². The lowest BCUT2D eigenvalue weighted by Gasteiger charge is -2.38. The molecule has 1 heteroatoms. The average Bonchev–Trinajstić information content (AvgIpc) is 2.49. The van der Waals surface area contributed by atoms with Crippen LogP contribution in [0.15, 0.2) is 23.3 Å². The van der Waals surface area contributed by atoms with Crippen molar-refractivity contribution in [2.45, 2.75) is 58.8 Å². The minimum absolute atomic E-state index is 0.293. The van der Waals surface area contributed by atoms with Gasteiger partial charge < -0.3 is 5.11 Å². The van der Waals surface area contributed by atoms with Gasteiger partial charge in [0, 0.05) is 6.61 Å². The topological polar surface area (TPSA) is 20.2 Å². The van der Waals surface area contributed by atoms with Crippen molar-refractivity contribution in [3.63, 3.8) is 0 Å². The Kier molecular flexibility index (Phi) is 4.09. The second-order valence-corrected chi connectivity index (χ2v) is 6.27. The molecule has 2 aliphatic carbocycles. The van der Waals surface area contributed by atoms with Gasteiger partial charge in [-0.05, 0) is 56.3 Å². The van der Waals surface area contributed by atoms with E-state index < -0.39 is 0 Å². The third-order valence-electron chi connectivity index (χ3n) is 4.64. The first kappa shape index (κ1) is 12.9. The molecule has 1 fully saturated rings. The van der Waals surface area contributed by atoms with Crippen LogP contribution in [0, 0.1) is 11.3 Å². The molecular formula is C16H26O. The standard InChI is InChI=1S/C16H26O/c1-16(2)11-3-6-14-9-7-13(5-4-12-17)8-10-15(14)16/h5-6,15,17H,3-4,7-12H2,1-2H3/b13-5-. The maximum atomic E-state index is 8.90. The van der Waals surface area contributed by atoms with Crippen molar-refractivity contribution in [3.05, 3.63) is 23.3 Å². The van der Waals surface area contributed by atoms with E-state index in [9.17, 15) is 0 Å². The monoisotopic (exact) mass is 234 g/mol. The highest BCUT2D eigenvalue weighted by Crippen LogP contribution is 2.47. The second-order valence-electron chi connectivity index (χ2n) is 6.27. The minimum atomic E-state index is 0.293. The minimum Gasteiger partial charge on any atom is -0.396 e. The Morgan fingerprint density at radius 2 is 2.18 bits per heavy atom. The second kappa shape index (κ2) is 5.39. The van der Waals surface area contributed by atoms with Crippen molar-refractivity contribution in [3.8, 4) is 0 Å². The summed E-state index contributed by atoms with van der Waals surface area (Å²) >= 11 is 0.